The summed E-state index contributed by atoms with van der Waals surface area (Å²) >= 11 is 1.45. The summed E-state index contributed by atoms with van der Waals surface area (Å²) in [4.78, 5) is 19.2. The minimum absolute atomic E-state index is 0.105. The first-order chi connectivity index (χ1) is 13.7. The van der Waals surface area contributed by atoms with Crippen LogP contribution in [0.1, 0.15) is 41.3 Å². The lowest BCUT2D eigenvalue weighted by molar-refractivity contribution is 0.106. The van der Waals surface area contributed by atoms with Crippen molar-refractivity contribution in [2.24, 2.45) is 15.9 Å². The SMILES string of the molecule is CCCCN(C(=NN)SCc1ccc(C#N)cc1)C1=Nc2ccccc2C1=O. The van der Waals surface area contributed by atoms with E-state index in [1.807, 2.05) is 35.2 Å². The van der Waals surface area contributed by atoms with E-state index < -0.39 is 0 Å². The third-order valence-corrected chi connectivity index (χ3v) is 5.42. The number of nitriles is 1. The summed E-state index contributed by atoms with van der Waals surface area (Å²) in [5, 5.41) is 13.4. The summed E-state index contributed by atoms with van der Waals surface area (Å²) < 4.78 is 0. The first-order valence-corrected chi connectivity index (χ1v) is 10.1. The maximum atomic E-state index is 12.9. The predicted octanol–water partition coefficient (Wildman–Crippen LogP) is 4.05. The molecule has 7 heteroatoms. The first-order valence-electron chi connectivity index (χ1n) is 9.07. The van der Waals surface area contributed by atoms with E-state index in [-0.39, 0.29) is 5.78 Å². The number of aliphatic imine (C=N–C) groups is 1. The predicted molar refractivity (Wildman–Crippen MR) is 114 cm³/mol. The summed E-state index contributed by atoms with van der Waals surface area (Å²) in [5.41, 5.74) is 2.95. The lowest BCUT2D eigenvalue weighted by Crippen LogP contribution is -2.40. The number of hydrazone groups is 1. The number of rotatable bonds is 5. The van der Waals surface area contributed by atoms with Crippen LogP contribution in [0, 0.1) is 11.3 Å². The monoisotopic (exact) mass is 391 g/mol. The molecule has 1 heterocycles. The number of benzene rings is 2. The minimum atomic E-state index is -0.105. The Bertz CT molecular complexity index is 960. The molecule has 28 heavy (non-hydrogen) atoms. The van der Waals surface area contributed by atoms with Crippen LogP contribution in [0.5, 0.6) is 0 Å². The van der Waals surface area contributed by atoms with Crippen LogP contribution in [0.15, 0.2) is 58.6 Å². The summed E-state index contributed by atoms with van der Waals surface area (Å²) in [6.07, 6.45) is 1.86. The van der Waals surface area contributed by atoms with Crippen molar-refractivity contribution in [1.82, 2.24) is 4.90 Å². The zero-order valence-electron chi connectivity index (χ0n) is 15.6. The number of nitrogens with two attached hydrogens (primary N) is 1. The standard InChI is InChI=1S/C21H21N5OS/c1-2-3-12-26(20-19(27)17-6-4-5-7-18(17)24-20)21(25-23)28-14-16-10-8-15(13-22)9-11-16/h4-11H,2-3,12,14,23H2,1H3. The molecule has 0 unspecified atom stereocenters. The highest BCUT2D eigenvalue weighted by Crippen LogP contribution is 2.29. The van der Waals surface area contributed by atoms with E-state index in [2.05, 4.69) is 23.1 Å². The molecule has 0 saturated heterocycles. The highest BCUT2D eigenvalue weighted by atomic mass is 32.2. The molecule has 2 aromatic rings. The van der Waals surface area contributed by atoms with Crippen molar-refractivity contribution < 1.29 is 4.79 Å². The van der Waals surface area contributed by atoms with Gasteiger partial charge in [-0.05, 0) is 36.2 Å². The Labute approximate surface area is 168 Å². The second kappa shape index (κ2) is 9.20. The fourth-order valence-electron chi connectivity index (χ4n) is 2.85. The maximum Gasteiger partial charge on any atom is 0.230 e. The number of thioether (sulfide) groups is 1. The van der Waals surface area contributed by atoms with E-state index in [1.54, 1.807) is 18.2 Å². The van der Waals surface area contributed by atoms with Crippen molar-refractivity contribution in [3.05, 3.63) is 65.2 Å². The average molecular weight is 392 g/mol. The van der Waals surface area contributed by atoms with Gasteiger partial charge in [0.1, 0.15) is 0 Å². The maximum absolute atomic E-state index is 12.9. The van der Waals surface area contributed by atoms with Crippen LogP contribution >= 0.6 is 11.8 Å². The van der Waals surface area contributed by atoms with E-state index in [0.29, 0.717) is 40.1 Å². The number of unbranched alkanes of at least 4 members (excludes halogenated alkanes) is 1. The number of ketones is 1. The Balaban J connectivity index is 1.80. The Kier molecular flexibility index (Phi) is 6.45. The molecule has 0 atom stereocenters. The largest absolute Gasteiger partial charge is 0.321 e. The summed E-state index contributed by atoms with van der Waals surface area (Å²) in [6.45, 7) is 2.71. The number of nitrogens with zero attached hydrogens (tertiary/aromatic N) is 4. The number of para-hydroxylation sites is 1. The van der Waals surface area contributed by atoms with Gasteiger partial charge in [-0.3, -0.25) is 4.79 Å². The third-order valence-electron chi connectivity index (χ3n) is 4.36. The van der Waals surface area contributed by atoms with Crippen LogP contribution in [-0.2, 0) is 5.75 Å². The van der Waals surface area contributed by atoms with Gasteiger partial charge in [-0.1, -0.05) is 49.4 Å². The van der Waals surface area contributed by atoms with E-state index in [1.165, 1.54) is 11.8 Å². The molecular formula is C21H21N5OS. The topological polar surface area (TPSA) is 94.8 Å². The summed E-state index contributed by atoms with van der Waals surface area (Å²) in [6, 6.07) is 16.8. The number of carbonyl (C=O) groups excluding carboxylic acids is 1. The molecule has 0 bridgehead atoms. The van der Waals surface area contributed by atoms with Crippen LogP contribution < -0.4 is 5.84 Å². The molecule has 2 N–H and O–H groups in total. The molecule has 0 fully saturated rings. The number of amidine groups is 2. The molecule has 0 spiro atoms. The van der Waals surface area contributed by atoms with Crippen molar-refractivity contribution in [3.8, 4) is 6.07 Å². The van der Waals surface area contributed by atoms with Gasteiger partial charge in [-0.25, -0.2) is 4.99 Å². The molecule has 0 saturated carbocycles. The lowest BCUT2D eigenvalue weighted by atomic mass is 10.1. The summed E-state index contributed by atoms with van der Waals surface area (Å²) in [7, 11) is 0. The van der Waals surface area contributed by atoms with E-state index >= 15 is 0 Å². The highest BCUT2D eigenvalue weighted by molar-refractivity contribution is 8.13. The number of fused-ring (bicyclic) bond motifs is 1. The van der Waals surface area contributed by atoms with Gasteiger partial charge < -0.3 is 10.7 Å². The number of carbonyl (C=O) groups is 1. The van der Waals surface area contributed by atoms with Crippen LogP contribution in [-0.4, -0.2) is 28.2 Å². The third kappa shape index (κ3) is 4.24. The van der Waals surface area contributed by atoms with Crippen molar-refractivity contribution in [3.63, 3.8) is 0 Å². The van der Waals surface area contributed by atoms with Gasteiger partial charge in [0.05, 0.1) is 22.9 Å². The van der Waals surface area contributed by atoms with Gasteiger partial charge in [0.15, 0.2) is 11.0 Å². The second-order valence-electron chi connectivity index (χ2n) is 6.30. The van der Waals surface area contributed by atoms with Crippen LogP contribution in [0.25, 0.3) is 0 Å². The van der Waals surface area contributed by atoms with Crippen LogP contribution in [0.4, 0.5) is 5.69 Å². The first kappa shape index (κ1) is 19.6. The van der Waals surface area contributed by atoms with Crippen LogP contribution in [0.2, 0.25) is 0 Å². The second-order valence-corrected chi connectivity index (χ2v) is 7.24. The van der Waals surface area contributed by atoms with Crippen LogP contribution in [0.3, 0.4) is 0 Å². The molecule has 0 aromatic heterocycles. The van der Waals surface area contributed by atoms with E-state index in [9.17, 15) is 4.79 Å². The van der Waals surface area contributed by atoms with Crippen molar-refractivity contribution >= 4 is 34.2 Å². The van der Waals surface area contributed by atoms with Gasteiger partial charge in [-0.2, -0.15) is 10.4 Å². The lowest BCUT2D eigenvalue weighted by Gasteiger charge is -2.24. The molecule has 0 radical (unpaired) electrons. The van der Waals surface area contributed by atoms with Gasteiger partial charge in [0.25, 0.3) is 0 Å². The minimum Gasteiger partial charge on any atom is -0.321 e. The van der Waals surface area contributed by atoms with E-state index in [0.717, 1.165) is 18.4 Å². The Morgan fingerprint density at radius 3 is 2.64 bits per heavy atom. The van der Waals surface area contributed by atoms with E-state index in [4.69, 9.17) is 11.1 Å². The molecule has 3 rings (SSSR count). The number of Topliss-reactive ketones (excluding diaryl/α,β-unsaturated/α-hetero) is 1. The number of hydrogen-bond acceptors (Lipinski definition) is 6. The van der Waals surface area contributed by atoms with Crippen molar-refractivity contribution in [2.75, 3.05) is 6.54 Å². The Morgan fingerprint density at radius 2 is 2.00 bits per heavy atom. The molecular weight excluding hydrogens is 370 g/mol. The zero-order chi connectivity index (χ0) is 19.9. The normalized spacial score (nSPS) is 13.1. The molecule has 6 nitrogen and oxygen atoms in total. The average Bonchev–Trinajstić information content (AvgIpc) is 3.07. The fourth-order valence-corrected chi connectivity index (χ4v) is 3.74. The van der Waals surface area contributed by atoms with Gasteiger partial charge in [0.2, 0.25) is 5.78 Å². The number of hydrogen-bond donors (Lipinski definition) is 1. The smallest absolute Gasteiger partial charge is 0.230 e. The van der Waals surface area contributed by atoms with Gasteiger partial charge >= 0.3 is 0 Å². The Morgan fingerprint density at radius 1 is 1.25 bits per heavy atom. The highest BCUT2D eigenvalue weighted by Gasteiger charge is 2.31. The molecule has 1 aliphatic rings. The molecule has 0 aliphatic carbocycles. The Hall–Kier alpha value is -3.11. The van der Waals surface area contributed by atoms with Crippen molar-refractivity contribution in [1.29, 1.82) is 5.26 Å². The van der Waals surface area contributed by atoms with Crippen molar-refractivity contribution in [2.45, 2.75) is 25.5 Å². The van der Waals surface area contributed by atoms with Gasteiger partial charge in [0, 0.05) is 12.3 Å². The molecule has 1 aliphatic heterocycles. The molecule has 2 aromatic carbocycles. The molecule has 0 amide bonds. The molecule has 142 valence electrons. The van der Waals surface area contributed by atoms with Gasteiger partial charge in [-0.15, -0.1) is 0 Å². The fraction of sp³-hybridized carbons (Fsp3) is 0.238. The summed E-state index contributed by atoms with van der Waals surface area (Å²) in [5.74, 6) is 6.58. The quantitative estimate of drug-likeness (QED) is 0.359. The zero-order valence-corrected chi connectivity index (χ0v) is 16.4.